The van der Waals surface area contributed by atoms with Gasteiger partial charge in [-0.2, -0.15) is 4.31 Å². The number of imide groups is 1. The Morgan fingerprint density at radius 1 is 1.00 bits per heavy atom. The summed E-state index contributed by atoms with van der Waals surface area (Å²) in [7, 11) is -3.97. The summed E-state index contributed by atoms with van der Waals surface area (Å²) in [6.07, 6.45) is 0.0223. The van der Waals surface area contributed by atoms with Gasteiger partial charge in [0.1, 0.15) is 10.7 Å². The molecule has 1 atom stereocenters. The molecule has 4 rings (SSSR count). The number of amides is 2. The minimum Gasteiger partial charge on any atom is -0.322 e. The molecule has 164 valence electrons. The zero-order valence-electron chi connectivity index (χ0n) is 16.2. The molecular weight excluding hydrogens is 468 g/mol. The predicted octanol–water partition coefficient (Wildman–Crippen LogP) is 1.35. The number of quaternary nitrogens is 1. The second-order valence-corrected chi connectivity index (χ2v) is 10.1. The molecule has 0 radical (unpaired) electrons. The molecule has 7 nitrogen and oxygen atoms in total. The number of carbonyl (C=O) groups is 2. The summed E-state index contributed by atoms with van der Waals surface area (Å²) in [5, 5.41) is 0.557. The van der Waals surface area contributed by atoms with Gasteiger partial charge in [0.2, 0.25) is 15.9 Å². The van der Waals surface area contributed by atoms with Crippen LogP contribution in [0.5, 0.6) is 0 Å². The Labute approximate surface area is 189 Å². The van der Waals surface area contributed by atoms with Crippen molar-refractivity contribution in [2.45, 2.75) is 17.4 Å². The van der Waals surface area contributed by atoms with Crippen molar-refractivity contribution in [1.82, 2.24) is 4.31 Å². The monoisotopic (exact) mass is 486 g/mol. The molecule has 31 heavy (non-hydrogen) atoms. The van der Waals surface area contributed by atoms with Crippen LogP contribution >= 0.6 is 23.2 Å². The average molecular weight is 487 g/mol. The lowest BCUT2D eigenvalue weighted by molar-refractivity contribution is -0.918. The highest BCUT2D eigenvalue weighted by atomic mass is 35.5. The number of carbonyl (C=O) groups excluding carboxylic acids is 2. The summed E-state index contributed by atoms with van der Waals surface area (Å²) < 4.78 is 40.8. The van der Waals surface area contributed by atoms with Gasteiger partial charge < -0.3 is 4.90 Å². The first-order chi connectivity index (χ1) is 14.7. The summed E-state index contributed by atoms with van der Waals surface area (Å²) in [5.74, 6) is -1.50. The molecule has 0 saturated carbocycles. The SMILES string of the molecule is O=C1C[C@H]([NH+]2CCN(S(=O)(=O)c3ccccc3F)CC2)C(=O)N1c1ccc(Cl)c(Cl)c1. The number of benzene rings is 2. The van der Waals surface area contributed by atoms with Gasteiger partial charge in [-0.1, -0.05) is 35.3 Å². The number of nitrogens with one attached hydrogen (secondary N) is 1. The minimum absolute atomic E-state index is 0.0223. The van der Waals surface area contributed by atoms with E-state index in [4.69, 9.17) is 23.2 Å². The Hall–Kier alpha value is -2.04. The van der Waals surface area contributed by atoms with E-state index in [2.05, 4.69) is 0 Å². The number of anilines is 1. The Balaban J connectivity index is 1.47. The molecule has 2 aromatic rings. The molecule has 2 amide bonds. The average Bonchev–Trinajstić information content (AvgIpc) is 3.04. The molecule has 2 aromatic carbocycles. The first kappa shape index (κ1) is 22.2. The number of sulfonamides is 1. The third-order valence-corrected chi connectivity index (χ3v) is 8.29. The molecular formula is C20H19Cl2FN3O4S+. The van der Waals surface area contributed by atoms with E-state index in [0.717, 1.165) is 15.9 Å². The lowest BCUT2D eigenvalue weighted by Crippen LogP contribution is -3.19. The summed E-state index contributed by atoms with van der Waals surface area (Å²) in [6.45, 7) is 0.895. The largest absolute Gasteiger partial charge is 0.322 e. The minimum atomic E-state index is -3.97. The van der Waals surface area contributed by atoms with E-state index in [9.17, 15) is 22.4 Å². The third kappa shape index (κ3) is 4.08. The molecule has 0 aromatic heterocycles. The van der Waals surface area contributed by atoms with Crippen LogP contribution in [0.1, 0.15) is 6.42 Å². The lowest BCUT2D eigenvalue weighted by Gasteiger charge is -2.33. The van der Waals surface area contributed by atoms with Crippen molar-refractivity contribution in [3.05, 3.63) is 58.3 Å². The fourth-order valence-corrected chi connectivity index (χ4v) is 5.80. The first-order valence-electron chi connectivity index (χ1n) is 9.61. The van der Waals surface area contributed by atoms with Crippen LogP contribution in [0.15, 0.2) is 47.4 Å². The molecule has 11 heteroatoms. The van der Waals surface area contributed by atoms with Crippen LogP contribution in [-0.4, -0.2) is 56.8 Å². The van der Waals surface area contributed by atoms with Gasteiger partial charge in [0, 0.05) is 0 Å². The van der Waals surface area contributed by atoms with Crippen molar-refractivity contribution in [3.63, 3.8) is 0 Å². The van der Waals surface area contributed by atoms with Gasteiger partial charge >= 0.3 is 0 Å². The van der Waals surface area contributed by atoms with E-state index in [1.165, 1.54) is 34.6 Å². The summed E-state index contributed by atoms with van der Waals surface area (Å²) in [6, 6.07) is 9.17. The molecule has 2 heterocycles. The predicted molar refractivity (Wildman–Crippen MR) is 113 cm³/mol. The standard InChI is InChI=1S/C20H18Cl2FN3O4S/c21-14-6-5-13(11-15(14)22)26-19(27)12-17(20(26)28)24-7-9-25(10-8-24)31(29,30)18-4-2-1-3-16(18)23/h1-6,11,17H,7-10,12H2/p+1/t17-/m0/s1. The Bertz CT molecular complexity index is 1150. The van der Waals surface area contributed by atoms with Crippen molar-refractivity contribution < 1.29 is 27.3 Å². The van der Waals surface area contributed by atoms with E-state index < -0.39 is 21.9 Å². The highest BCUT2D eigenvalue weighted by molar-refractivity contribution is 7.89. The molecule has 2 saturated heterocycles. The molecule has 2 aliphatic rings. The van der Waals surface area contributed by atoms with Crippen LogP contribution in [-0.2, 0) is 19.6 Å². The van der Waals surface area contributed by atoms with Gasteiger partial charge in [-0.3, -0.25) is 9.59 Å². The quantitative estimate of drug-likeness (QED) is 0.661. The van der Waals surface area contributed by atoms with Crippen LogP contribution in [0.3, 0.4) is 0 Å². The Kier molecular flexibility index (Phi) is 6.06. The summed E-state index contributed by atoms with van der Waals surface area (Å²) >= 11 is 11.9. The van der Waals surface area contributed by atoms with Gasteiger partial charge in [-0.25, -0.2) is 17.7 Å². The van der Waals surface area contributed by atoms with Gasteiger partial charge in [0.15, 0.2) is 6.04 Å². The number of piperazine rings is 1. The van der Waals surface area contributed by atoms with Crippen molar-refractivity contribution in [2.24, 2.45) is 0 Å². The van der Waals surface area contributed by atoms with Gasteiger partial charge in [-0.15, -0.1) is 0 Å². The van der Waals surface area contributed by atoms with Crippen LogP contribution in [0.2, 0.25) is 10.0 Å². The maximum absolute atomic E-state index is 14.0. The summed E-state index contributed by atoms with van der Waals surface area (Å²) in [5.41, 5.74) is 0.354. The Morgan fingerprint density at radius 3 is 2.32 bits per heavy atom. The molecule has 2 fully saturated rings. The zero-order chi connectivity index (χ0) is 22.3. The van der Waals surface area contributed by atoms with Gasteiger partial charge in [0.25, 0.3) is 5.91 Å². The van der Waals surface area contributed by atoms with Crippen molar-refractivity contribution in [1.29, 1.82) is 0 Å². The topological polar surface area (TPSA) is 79.2 Å². The third-order valence-electron chi connectivity index (χ3n) is 5.62. The smallest absolute Gasteiger partial charge is 0.292 e. The van der Waals surface area contributed by atoms with E-state index in [0.29, 0.717) is 23.8 Å². The molecule has 1 N–H and O–H groups in total. The number of nitrogens with zero attached hydrogens (tertiary/aromatic N) is 2. The van der Waals surface area contributed by atoms with Crippen LogP contribution in [0.25, 0.3) is 0 Å². The second-order valence-electron chi connectivity index (χ2n) is 7.42. The van der Waals surface area contributed by atoms with E-state index in [1.807, 2.05) is 0 Å². The van der Waals surface area contributed by atoms with Crippen LogP contribution < -0.4 is 9.80 Å². The maximum Gasteiger partial charge on any atom is 0.292 e. The van der Waals surface area contributed by atoms with Gasteiger partial charge in [0.05, 0.1) is 48.3 Å². The number of hydrogen-bond acceptors (Lipinski definition) is 4. The number of rotatable bonds is 4. The van der Waals surface area contributed by atoms with Crippen molar-refractivity contribution in [3.8, 4) is 0 Å². The summed E-state index contributed by atoms with van der Waals surface area (Å²) in [4.78, 5) is 27.1. The molecule has 0 bridgehead atoms. The number of halogens is 3. The fraction of sp³-hybridized carbons (Fsp3) is 0.300. The molecule has 0 spiro atoms. The van der Waals surface area contributed by atoms with E-state index in [-0.39, 0.29) is 41.2 Å². The number of hydrogen-bond donors (Lipinski definition) is 1. The van der Waals surface area contributed by atoms with Crippen LogP contribution in [0, 0.1) is 5.82 Å². The normalized spacial score (nSPS) is 21.1. The molecule has 0 unspecified atom stereocenters. The van der Waals surface area contributed by atoms with Crippen molar-refractivity contribution >= 4 is 50.7 Å². The highest BCUT2D eigenvalue weighted by Crippen LogP contribution is 2.30. The maximum atomic E-state index is 14.0. The Morgan fingerprint density at radius 2 is 1.68 bits per heavy atom. The first-order valence-corrected chi connectivity index (χ1v) is 11.8. The lowest BCUT2D eigenvalue weighted by atomic mass is 10.2. The van der Waals surface area contributed by atoms with Crippen molar-refractivity contribution in [2.75, 3.05) is 31.1 Å². The van der Waals surface area contributed by atoms with Gasteiger partial charge in [-0.05, 0) is 30.3 Å². The second kappa shape index (κ2) is 8.48. The fourth-order valence-electron chi connectivity index (χ4n) is 4.00. The molecule has 2 aliphatic heterocycles. The zero-order valence-corrected chi connectivity index (χ0v) is 18.6. The van der Waals surface area contributed by atoms with Crippen LogP contribution in [0.4, 0.5) is 10.1 Å². The molecule has 0 aliphatic carbocycles. The highest BCUT2D eigenvalue weighted by Gasteiger charge is 2.47. The van der Waals surface area contributed by atoms with E-state index in [1.54, 1.807) is 6.07 Å². The van der Waals surface area contributed by atoms with E-state index >= 15 is 0 Å².